The largest absolute Gasteiger partial charge is 0.504 e. The lowest BCUT2D eigenvalue weighted by Gasteiger charge is -2.43. The number of Topliss-reactive ketones (excluding diaryl/α,β-unsaturated/α-hetero) is 1. The van der Waals surface area contributed by atoms with Crippen molar-refractivity contribution in [2.75, 3.05) is 49.8 Å². The Morgan fingerprint density at radius 3 is 2.63 bits per heavy atom. The second kappa shape index (κ2) is 10.5. The number of ketones is 1. The van der Waals surface area contributed by atoms with Crippen LogP contribution in [0.5, 0.6) is 11.5 Å². The van der Waals surface area contributed by atoms with Crippen LogP contribution < -0.4 is 13.9 Å². The topological polar surface area (TPSA) is 96.4 Å². The van der Waals surface area contributed by atoms with Crippen LogP contribution in [-0.4, -0.2) is 59.9 Å². The summed E-state index contributed by atoms with van der Waals surface area (Å²) in [6.45, 7) is 4.71. The number of sulfonamides is 1. The van der Waals surface area contributed by atoms with Crippen LogP contribution in [0.1, 0.15) is 47.6 Å². The molecule has 0 spiro atoms. The number of hydrogen-bond donors (Lipinski definition) is 1. The van der Waals surface area contributed by atoms with Crippen molar-refractivity contribution in [1.82, 2.24) is 0 Å². The number of anilines is 2. The minimum absolute atomic E-state index is 0.0540. The molecular weight excluding hydrogens is 540 g/mol. The molecule has 5 rings (SSSR count). The molecule has 0 bridgehead atoms. The number of methoxy groups -OCH3 is 2. The van der Waals surface area contributed by atoms with Crippen molar-refractivity contribution >= 4 is 27.2 Å². The fourth-order valence-corrected chi connectivity index (χ4v) is 7.62. The highest BCUT2D eigenvalue weighted by atomic mass is 32.2. The molecule has 0 fully saturated rings. The molecule has 1 N–H and O–H groups in total. The molecule has 1 atom stereocenters. The molecule has 0 radical (unpaired) electrons. The molecule has 2 aromatic rings. The highest BCUT2D eigenvalue weighted by Crippen LogP contribution is 2.53. The van der Waals surface area contributed by atoms with Crippen molar-refractivity contribution in [3.05, 3.63) is 69.5 Å². The van der Waals surface area contributed by atoms with Gasteiger partial charge in [-0.05, 0) is 73.6 Å². The van der Waals surface area contributed by atoms with Crippen LogP contribution in [0, 0.1) is 18.8 Å². The van der Waals surface area contributed by atoms with Crippen LogP contribution in [0.2, 0.25) is 0 Å². The molecule has 0 amide bonds. The van der Waals surface area contributed by atoms with Crippen LogP contribution in [0.25, 0.3) is 0 Å². The van der Waals surface area contributed by atoms with E-state index in [0.717, 1.165) is 33.5 Å². The SMILES string of the molecule is CC#Cc1c(C)c(N(C)CC[C@@]23CC(=O)C(OC)=CC2=CCc2ccc(OC)c(O)c23)cc2c1CCN2S(C)(=O)=O. The Morgan fingerprint density at radius 1 is 1.22 bits per heavy atom. The van der Waals surface area contributed by atoms with Gasteiger partial charge < -0.3 is 19.5 Å². The summed E-state index contributed by atoms with van der Waals surface area (Å²) in [6, 6.07) is 5.65. The van der Waals surface area contributed by atoms with Gasteiger partial charge in [-0.15, -0.1) is 5.92 Å². The quantitative estimate of drug-likeness (QED) is 0.495. The Labute approximate surface area is 242 Å². The summed E-state index contributed by atoms with van der Waals surface area (Å²) in [7, 11) is 1.53. The Balaban J connectivity index is 1.59. The van der Waals surface area contributed by atoms with Crippen molar-refractivity contribution in [2.24, 2.45) is 0 Å². The van der Waals surface area contributed by atoms with Crippen LogP contribution in [0.3, 0.4) is 0 Å². The van der Waals surface area contributed by atoms with E-state index < -0.39 is 15.4 Å². The molecule has 1 heterocycles. The van der Waals surface area contributed by atoms with E-state index in [-0.39, 0.29) is 18.0 Å². The van der Waals surface area contributed by atoms with Gasteiger partial charge >= 0.3 is 0 Å². The van der Waals surface area contributed by atoms with Crippen LogP contribution in [0.15, 0.2) is 41.7 Å². The molecule has 1 aliphatic heterocycles. The van der Waals surface area contributed by atoms with Crippen LogP contribution >= 0.6 is 0 Å². The van der Waals surface area contributed by atoms with Gasteiger partial charge in [0.05, 0.1) is 26.2 Å². The smallest absolute Gasteiger partial charge is 0.232 e. The first-order valence-corrected chi connectivity index (χ1v) is 15.5. The Kier molecular flexibility index (Phi) is 7.33. The summed E-state index contributed by atoms with van der Waals surface area (Å²) >= 11 is 0. The number of ether oxygens (including phenoxy) is 2. The number of nitrogens with zero attached hydrogens (tertiary/aromatic N) is 2. The summed E-state index contributed by atoms with van der Waals surface area (Å²) in [5.41, 5.74) is 6.17. The molecule has 8 nitrogen and oxygen atoms in total. The number of rotatable bonds is 7. The molecule has 2 aliphatic carbocycles. The van der Waals surface area contributed by atoms with Gasteiger partial charge in [-0.2, -0.15) is 0 Å². The fraction of sp³-hybridized carbons (Fsp3) is 0.406. The second-order valence-corrected chi connectivity index (χ2v) is 12.8. The summed E-state index contributed by atoms with van der Waals surface area (Å²) < 4.78 is 37.5. The van der Waals surface area contributed by atoms with Crippen molar-refractivity contribution in [2.45, 2.75) is 44.9 Å². The maximum absolute atomic E-state index is 13.3. The van der Waals surface area contributed by atoms with Gasteiger partial charge in [0.2, 0.25) is 10.0 Å². The molecule has 0 unspecified atom stereocenters. The van der Waals surface area contributed by atoms with E-state index in [1.54, 1.807) is 19.1 Å². The number of carbonyl (C=O) groups is 1. The van der Waals surface area contributed by atoms with Gasteiger partial charge in [-0.1, -0.05) is 18.1 Å². The van der Waals surface area contributed by atoms with E-state index >= 15 is 0 Å². The Bertz CT molecular complexity index is 1680. The number of allylic oxidation sites excluding steroid dienone is 4. The van der Waals surface area contributed by atoms with E-state index in [2.05, 4.69) is 22.8 Å². The van der Waals surface area contributed by atoms with Crippen LogP contribution in [-0.2, 0) is 37.8 Å². The molecule has 9 heteroatoms. The predicted octanol–water partition coefficient (Wildman–Crippen LogP) is 4.15. The standard InChI is InChI=1S/C32H36N2O6S/c1-7-8-23-20(2)25(18-26-24(23)13-15-34(26)41(6,37)38)33(3)16-14-32-19-27(35)29(40-5)17-22(32)11-9-21-10-12-28(39-4)31(36)30(21)32/h10-12,17-18,36H,9,13-16,19H2,1-6H3/t32-/m1/s1. The summed E-state index contributed by atoms with van der Waals surface area (Å²) in [4.78, 5) is 15.4. The minimum atomic E-state index is -3.44. The molecular formula is C32H36N2O6S. The molecule has 0 saturated heterocycles. The maximum Gasteiger partial charge on any atom is 0.232 e. The zero-order chi connectivity index (χ0) is 29.7. The lowest BCUT2D eigenvalue weighted by atomic mass is 9.61. The second-order valence-electron chi connectivity index (χ2n) is 10.9. The first-order chi connectivity index (χ1) is 19.5. The molecule has 0 saturated carbocycles. The third-order valence-electron chi connectivity index (χ3n) is 8.68. The number of aromatic hydroxyl groups is 1. The molecule has 3 aliphatic rings. The summed E-state index contributed by atoms with van der Waals surface area (Å²) in [5, 5.41) is 11.4. The van der Waals surface area contributed by atoms with E-state index in [0.29, 0.717) is 55.1 Å². The number of hydrogen-bond acceptors (Lipinski definition) is 7. The summed E-state index contributed by atoms with van der Waals surface area (Å²) in [6.07, 6.45) is 7.04. The van der Waals surface area contributed by atoms with E-state index in [1.165, 1.54) is 24.8 Å². The number of benzene rings is 2. The predicted molar refractivity (Wildman–Crippen MR) is 160 cm³/mol. The fourth-order valence-electron chi connectivity index (χ4n) is 6.67. The minimum Gasteiger partial charge on any atom is -0.504 e. The van der Waals surface area contributed by atoms with Crippen molar-refractivity contribution in [3.63, 3.8) is 0 Å². The normalized spacial score (nSPS) is 19.3. The molecule has 0 aromatic heterocycles. The Morgan fingerprint density at radius 2 is 1.98 bits per heavy atom. The monoisotopic (exact) mass is 576 g/mol. The molecule has 2 aromatic carbocycles. The van der Waals surface area contributed by atoms with Gasteiger partial charge in [0.25, 0.3) is 0 Å². The number of carbonyl (C=O) groups excluding carboxylic acids is 1. The zero-order valence-corrected chi connectivity index (χ0v) is 25.2. The third-order valence-corrected chi connectivity index (χ3v) is 9.86. The lowest BCUT2D eigenvalue weighted by Crippen LogP contribution is -2.41. The average Bonchev–Trinajstić information content (AvgIpc) is 3.37. The Hall–Kier alpha value is -3.90. The number of phenolic OH excluding ortho intramolecular Hbond substituents is 1. The van der Waals surface area contributed by atoms with E-state index in [4.69, 9.17) is 9.47 Å². The van der Waals surface area contributed by atoms with Crippen molar-refractivity contribution in [3.8, 4) is 23.3 Å². The van der Waals surface area contributed by atoms with Crippen molar-refractivity contribution in [1.29, 1.82) is 0 Å². The van der Waals surface area contributed by atoms with Gasteiger partial charge in [0.15, 0.2) is 23.0 Å². The van der Waals surface area contributed by atoms with Gasteiger partial charge in [-0.3, -0.25) is 9.10 Å². The first-order valence-electron chi connectivity index (χ1n) is 13.6. The number of phenols is 1. The van der Waals surface area contributed by atoms with Crippen molar-refractivity contribution < 1.29 is 27.8 Å². The average molecular weight is 577 g/mol. The van der Waals surface area contributed by atoms with Gasteiger partial charge in [-0.25, -0.2) is 8.42 Å². The highest BCUT2D eigenvalue weighted by molar-refractivity contribution is 7.92. The van der Waals surface area contributed by atoms with Crippen LogP contribution in [0.4, 0.5) is 11.4 Å². The molecule has 216 valence electrons. The molecule has 41 heavy (non-hydrogen) atoms. The van der Waals surface area contributed by atoms with Gasteiger partial charge in [0, 0.05) is 48.8 Å². The highest BCUT2D eigenvalue weighted by Gasteiger charge is 2.47. The lowest BCUT2D eigenvalue weighted by molar-refractivity contribution is -0.119. The summed E-state index contributed by atoms with van der Waals surface area (Å²) in [5.74, 6) is 6.82. The number of fused-ring (bicyclic) bond motifs is 4. The zero-order valence-electron chi connectivity index (χ0n) is 24.4. The first kappa shape index (κ1) is 28.6. The van der Waals surface area contributed by atoms with Gasteiger partial charge in [0.1, 0.15) is 0 Å². The van der Waals surface area contributed by atoms with E-state index in [1.807, 2.05) is 26.1 Å². The third kappa shape index (κ3) is 4.64. The van der Waals surface area contributed by atoms with E-state index in [9.17, 15) is 18.3 Å². The maximum atomic E-state index is 13.3.